The Balaban J connectivity index is 1.87. The van der Waals surface area contributed by atoms with Gasteiger partial charge in [0.25, 0.3) is 0 Å². The minimum Gasteiger partial charge on any atom is -0.410 e. The van der Waals surface area contributed by atoms with Crippen LogP contribution in [0.2, 0.25) is 0 Å². The number of thiazole rings is 1. The van der Waals surface area contributed by atoms with E-state index in [4.69, 9.17) is 9.88 Å². The lowest BCUT2D eigenvalue weighted by atomic mass is 10.2. The number of fused-ring (bicyclic) bond motifs is 1. The van der Waals surface area contributed by atoms with Gasteiger partial charge in [-0.15, -0.1) is 11.3 Å². The van der Waals surface area contributed by atoms with Gasteiger partial charge in [0.15, 0.2) is 0 Å². The molecule has 3 rings (SSSR count). The maximum Gasteiger partial charge on any atom is 0.420 e. The van der Waals surface area contributed by atoms with E-state index in [0.717, 1.165) is 10.2 Å². The van der Waals surface area contributed by atoms with Crippen molar-refractivity contribution < 1.29 is 17.9 Å². The summed E-state index contributed by atoms with van der Waals surface area (Å²) in [5.41, 5.74) is 3.26. The Kier molecular flexibility index (Phi) is 5.70. The normalized spacial score (nSPS) is 12.7. The second kappa shape index (κ2) is 7.85. The third kappa shape index (κ3) is 4.41. The number of aromatic nitrogens is 1. The SMILES string of the molecule is CC(CS)N(C(=O)Oc1ccc(S(N)(=O)=O)cc1)c1ccc2ncsc2c1. The molecule has 7 nitrogen and oxygen atoms in total. The Morgan fingerprint density at radius 3 is 2.63 bits per heavy atom. The van der Waals surface area contributed by atoms with Crippen LogP contribution >= 0.6 is 24.0 Å². The van der Waals surface area contributed by atoms with E-state index < -0.39 is 16.1 Å². The first-order valence-corrected chi connectivity index (χ1v) is 10.9. The standard InChI is InChI=1S/C17H17N3O4S3/c1-11(9-25)20(12-2-7-15-16(8-12)26-10-19-15)17(21)24-13-3-5-14(6-4-13)27(18,22)23/h2-8,10-11,25H,9H2,1H3,(H2,18,22,23). The zero-order chi connectivity index (χ0) is 19.6. The van der Waals surface area contributed by atoms with Crippen LogP contribution in [0.3, 0.4) is 0 Å². The van der Waals surface area contributed by atoms with E-state index in [1.807, 2.05) is 19.1 Å². The predicted octanol–water partition coefficient (Wildman–Crippen LogP) is 3.27. The lowest BCUT2D eigenvalue weighted by Gasteiger charge is -2.27. The zero-order valence-electron chi connectivity index (χ0n) is 14.3. The molecule has 0 aliphatic carbocycles. The highest BCUT2D eigenvalue weighted by atomic mass is 32.2. The summed E-state index contributed by atoms with van der Waals surface area (Å²) in [5, 5.41) is 5.07. The number of ether oxygens (including phenoxy) is 1. The monoisotopic (exact) mass is 423 g/mol. The fraction of sp³-hybridized carbons (Fsp3) is 0.176. The molecular formula is C17H17N3O4S3. The van der Waals surface area contributed by atoms with Gasteiger partial charge in [-0.2, -0.15) is 12.6 Å². The number of sulfonamides is 1. The fourth-order valence-corrected chi connectivity index (χ4v) is 3.85. The van der Waals surface area contributed by atoms with E-state index in [1.54, 1.807) is 11.6 Å². The smallest absolute Gasteiger partial charge is 0.410 e. The molecule has 1 aromatic heterocycles. The molecule has 0 spiro atoms. The van der Waals surface area contributed by atoms with Crippen LogP contribution in [-0.2, 0) is 10.0 Å². The number of anilines is 1. The molecule has 1 amide bonds. The molecule has 3 aromatic rings. The first-order valence-electron chi connectivity index (χ1n) is 7.87. The van der Waals surface area contributed by atoms with Crippen molar-refractivity contribution in [2.45, 2.75) is 17.9 Å². The van der Waals surface area contributed by atoms with Crippen molar-refractivity contribution in [2.75, 3.05) is 10.7 Å². The van der Waals surface area contributed by atoms with Crippen LogP contribution in [0.1, 0.15) is 6.92 Å². The van der Waals surface area contributed by atoms with E-state index in [0.29, 0.717) is 11.4 Å². The Morgan fingerprint density at radius 2 is 2.00 bits per heavy atom. The van der Waals surface area contributed by atoms with Crippen LogP contribution in [0.4, 0.5) is 10.5 Å². The average Bonchev–Trinajstić information content (AvgIpc) is 3.09. The molecule has 0 aliphatic heterocycles. The lowest BCUT2D eigenvalue weighted by molar-refractivity contribution is 0.206. The van der Waals surface area contributed by atoms with Crippen molar-refractivity contribution in [3.05, 3.63) is 48.0 Å². The van der Waals surface area contributed by atoms with Gasteiger partial charge in [0, 0.05) is 17.5 Å². The number of amides is 1. The van der Waals surface area contributed by atoms with Gasteiger partial charge in [-0.3, -0.25) is 4.90 Å². The molecule has 0 fully saturated rings. The predicted molar refractivity (Wildman–Crippen MR) is 109 cm³/mol. The van der Waals surface area contributed by atoms with E-state index >= 15 is 0 Å². The van der Waals surface area contributed by atoms with Crippen molar-refractivity contribution >= 4 is 56.0 Å². The minimum atomic E-state index is -3.81. The third-order valence-corrected chi connectivity index (χ3v) is 6.10. The summed E-state index contributed by atoms with van der Waals surface area (Å²) in [6, 6.07) is 10.6. The van der Waals surface area contributed by atoms with E-state index in [2.05, 4.69) is 17.6 Å². The highest BCUT2D eigenvalue weighted by Crippen LogP contribution is 2.27. The Labute approximate surface area is 166 Å². The summed E-state index contributed by atoms with van der Waals surface area (Å²) >= 11 is 5.77. The van der Waals surface area contributed by atoms with Gasteiger partial charge in [0.2, 0.25) is 10.0 Å². The van der Waals surface area contributed by atoms with Crippen LogP contribution in [0.5, 0.6) is 5.75 Å². The van der Waals surface area contributed by atoms with E-state index in [1.165, 1.54) is 40.5 Å². The molecule has 0 saturated carbocycles. The number of nitrogens with two attached hydrogens (primary N) is 1. The molecule has 27 heavy (non-hydrogen) atoms. The Morgan fingerprint density at radius 1 is 1.30 bits per heavy atom. The van der Waals surface area contributed by atoms with Crippen molar-refractivity contribution in [1.82, 2.24) is 4.98 Å². The molecule has 1 heterocycles. The number of hydrogen-bond acceptors (Lipinski definition) is 7. The van der Waals surface area contributed by atoms with Crippen LogP contribution in [-0.4, -0.2) is 31.3 Å². The first kappa shape index (κ1) is 19.6. The minimum absolute atomic E-state index is 0.0569. The number of nitrogens with zero attached hydrogens (tertiary/aromatic N) is 2. The molecule has 0 bridgehead atoms. The van der Waals surface area contributed by atoms with Gasteiger partial charge in [-0.1, -0.05) is 0 Å². The number of primary sulfonamides is 1. The van der Waals surface area contributed by atoms with Gasteiger partial charge < -0.3 is 4.74 Å². The molecule has 10 heteroatoms. The largest absolute Gasteiger partial charge is 0.420 e. The summed E-state index contributed by atoms with van der Waals surface area (Å²) in [5.74, 6) is 0.642. The number of thiol groups is 1. The first-order chi connectivity index (χ1) is 12.8. The second-order valence-electron chi connectivity index (χ2n) is 5.79. The third-order valence-electron chi connectivity index (χ3n) is 3.85. The van der Waals surface area contributed by atoms with Crippen molar-refractivity contribution in [2.24, 2.45) is 5.14 Å². The van der Waals surface area contributed by atoms with Crippen LogP contribution in [0.25, 0.3) is 10.2 Å². The van der Waals surface area contributed by atoms with Gasteiger partial charge >= 0.3 is 6.09 Å². The summed E-state index contributed by atoms with van der Waals surface area (Å²) in [7, 11) is -3.81. The lowest BCUT2D eigenvalue weighted by Crippen LogP contribution is -2.41. The van der Waals surface area contributed by atoms with Crippen molar-refractivity contribution in [1.29, 1.82) is 0 Å². The van der Waals surface area contributed by atoms with E-state index in [-0.39, 0.29) is 16.7 Å². The Hall–Kier alpha value is -2.14. The van der Waals surface area contributed by atoms with Crippen LogP contribution < -0.4 is 14.8 Å². The average molecular weight is 424 g/mol. The number of carbonyl (C=O) groups excluding carboxylic acids is 1. The van der Waals surface area contributed by atoms with Crippen LogP contribution in [0.15, 0.2) is 52.9 Å². The molecule has 0 radical (unpaired) electrons. The van der Waals surface area contributed by atoms with Gasteiger partial charge in [0.1, 0.15) is 5.75 Å². The summed E-state index contributed by atoms with van der Waals surface area (Å²) in [6.45, 7) is 1.86. The van der Waals surface area contributed by atoms with Crippen molar-refractivity contribution in [3.8, 4) is 5.75 Å². The maximum atomic E-state index is 12.8. The number of hydrogen-bond donors (Lipinski definition) is 2. The quantitative estimate of drug-likeness (QED) is 0.613. The molecule has 1 atom stereocenters. The summed E-state index contributed by atoms with van der Waals surface area (Å²) < 4.78 is 29.0. The van der Waals surface area contributed by atoms with E-state index in [9.17, 15) is 13.2 Å². The summed E-state index contributed by atoms with van der Waals surface area (Å²) in [4.78, 5) is 18.5. The molecule has 0 aliphatic rings. The number of benzene rings is 2. The topological polar surface area (TPSA) is 103 Å². The van der Waals surface area contributed by atoms with Crippen LogP contribution in [0, 0.1) is 0 Å². The number of rotatable bonds is 5. The molecule has 1 unspecified atom stereocenters. The maximum absolute atomic E-state index is 12.8. The van der Waals surface area contributed by atoms with Crippen molar-refractivity contribution in [3.63, 3.8) is 0 Å². The number of carbonyl (C=O) groups is 1. The van der Waals surface area contributed by atoms with Gasteiger partial charge in [-0.05, 0) is 49.4 Å². The molecule has 0 saturated heterocycles. The summed E-state index contributed by atoms with van der Waals surface area (Å²) in [6.07, 6.45) is -0.594. The molecular weight excluding hydrogens is 406 g/mol. The molecule has 2 N–H and O–H groups in total. The highest BCUT2D eigenvalue weighted by Gasteiger charge is 2.24. The highest BCUT2D eigenvalue weighted by molar-refractivity contribution is 7.89. The van der Waals surface area contributed by atoms with Gasteiger partial charge in [-0.25, -0.2) is 23.3 Å². The fourth-order valence-electron chi connectivity index (χ4n) is 2.46. The Bertz CT molecular complexity index is 1060. The molecule has 2 aromatic carbocycles. The van der Waals surface area contributed by atoms with Gasteiger partial charge in [0.05, 0.1) is 20.6 Å². The zero-order valence-corrected chi connectivity index (χ0v) is 16.8. The molecule has 142 valence electrons. The second-order valence-corrected chi connectivity index (χ2v) is 8.60.